The van der Waals surface area contributed by atoms with Gasteiger partial charge in [-0.3, -0.25) is 20.2 Å². The van der Waals surface area contributed by atoms with Crippen LogP contribution in [0.5, 0.6) is 0 Å². The lowest BCUT2D eigenvalue weighted by Crippen LogP contribution is -2.47. The van der Waals surface area contributed by atoms with Crippen LogP contribution in [0.3, 0.4) is 0 Å². The molecule has 1 saturated heterocycles. The average Bonchev–Trinajstić information content (AvgIpc) is 3.00. The summed E-state index contributed by atoms with van der Waals surface area (Å²) in [6.45, 7) is 2.03. The number of methoxy groups -OCH3 is 1. The highest BCUT2D eigenvalue weighted by atomic mass is 16.5. The fourth-order valence-corrected chi connectivity index (χ4v) is 3.90. The summed E-state index contributed by atoms with van der Waals surface area (Å²) in [6, 6.07) is 7.07. The maximum absolute atomic E-state index is 12.6. The molecule has 1 aromatic carbocycles. The van der Waals surface area contributed by atoms with Gasteiger partial charge in [0.2, 0.25) is 0 Å². The van der Waals surface area contributed by atoms with Crippen molar-refractivity contribution < 1.29 is 9.53 Å². The molecule has 2 aromatic rings. The highest BCUT2D eigenvalue weighted by molar-refractivity contribution is 5.89. The van der Waals surface area contributed by atoms with Crippen LogP contribution in [0.2, 0.25) is 0 Å². The quantitative estimate of drug-likeness (QED) is 0.473. The van der Waals surface area contributed by atoms with Crippen molar-refractivity contribution in [3.8, 4) is 0 Å². The minimum atomic E-state index is -0.557. The monoisotopic (exact) mass is 357 g/mol. The topological polar surface area (TPSA) is 128 Å². The van der Waals surface area contributed by atoms with Gasteiger partial charge in [-0.2, -0.15) is 0 Å². The molecule has 4 unspecified atom stereocenters. The van der Waals surface area contributed by atoms with Crippen molar-refractivity contribution in [2.45, 2.75) is 25.0 Å². The van der Waals surface area contributed by atoms with E-state index < -0.39 is 17.2 Å². The highest BCUT2D eigenvalue weighted by Crippen LogP contribution is 2.42. The largest absolute Gasteiger partial charge is 0.465 e. The third-order valence-corrected chi connectivity index (χ3v) is 5.09. The van der Waals surface area contributed by atoms with Gasteiger partial charge in [-0.25, -0.2) is 15.0 Å². The Bertz CT molecular complexity index is 964. The highest BCUT2D eigenvalue weighted by Gasteiger charge is 2.46. The fourth-order valence-electron chi connectivity index (χ4n) is 3.90. The zero-order valence-electron chi connectivity index (χ0n) is 14.3. The van der Waals surface area contributed by atoms with Gasteiger partial charge in [-0.05, 0) is 24.6 Å². The second-order valence-electron chi connectivity index (χ2n) is 6.56. The number of rotatable bonds is 2. The number of benzene rings is 1. The van der Waals surface area contributed by atoms with Crippen LogP contribution < -0.4 is 27.4 Å². The number of nitrogens with one attached hydrogen (secondary N) is 5. The number of hydrogen-bond donors (Lipinski definition) is 5. The molecule has 9 heteroatoms. The average molecular weight is 357 g/mol. The van der Waals surface area contributed by atoms with Crippen LogP contribution in [0.4, 0.5) is 5.82 Å². The first-order chi connectivity index (χ1) is 12.5. The first kappa shape index (κ1) is 16.6. The van der Waals surface area contributed by atoms with Crippen LogP contribution in [-0.4, -0.2) is 35.3 Å². The Morgan fingerprint density at radius 3 is 2.50 bits per heavy atom. The molecule has 5 N–H and O–H groups in total. The van der Waals surface area contributed by atoms with Crippen molar-refractivity contribution in [1.82, 2.24) is 20.8 Å². The number of aromatic nitrogens is 2. The van der Waals surface area contributed by atoms with Crippen LogP contribution in [-0.2, 0) is 4.74 Å². The molecule has 1 fully saturated rings. The molecule has 4 atom stereocenters. The number of fused-ring (bicyclic) bond motifs is 2. The molecule has 0 amide bonds. The van der Waals surface area contributed by atoms with Crippen molar-refractivity contribution in [1.29, 1.82) is 0 Å². The van der Waals surface area contributed by atoms with E-state index in [1.54, 1.807) is 12.1 Å². The summed E-state index contributed by atoms with van der Waals surface area (Å²) < 4.78 is 4.73. The molecule has 2 aliphatic heterocycles. The normalized spacial score (nSPS) is 26.5. The van der Waals surface area contributed by atoms with Gasteiger partial charge in [0.1, 0.15) is 5.82 Å². The van der Waals surface area contributed by atoms with Crippen molar-refractivity contribution in [3.63, 3.8) is 0 Å². The second kappa shape index (κ2) is 6.11. The van der Waals surface area contributed by atoms with Gasteiger partial charge < -0.3 is 10.1 Å². The summed E-state index contributed by atoms with van der Waals surface area (Å²) in [5.74, 6) is -0.246. The predicted molar refractivity (Wildman–Crippen MR) is 93.9 cm³/mol. The third-order valence-electron chi connectivity index (χ3n) is 5.09. The molecule has 0 radical (unpaired) electrons. The number of H-pyrrole nitrogens is 2. The fraction of sp³-hybridized carbons (Fsp3) is 0.353. The van der Waals surface area contributed by atoms with E-state index in [-0.39, 0.29) is 24.0 Å². The number of carbonyl (C=O) groups is 1. The van der Waals surface area contributed by atoms with Crippen LogP contribution in [0.15, 0.2) is 33.9 Å². The van der Waals surface area contributed by atoms with Gasteiger partial charge in [0.15, 0.2) is 0 Å². The zero-order valence-corrected chi connectivity index (χ0v) is 14.3. The van der Waals surface area contributed by atoms with Crippen LogP contribution in [0, 0.1) is 5.92 Å². The molecule has 0 bridgehead atoms. The van der Waals surface area contributed by atoms with Crippen molar-refractivity contribution in [2.75, 3.05) is 12.4 Å². The smallest absolute Gasteiger partial charge is 0.337 e. The van der Waals surface area contributed by atoms with Gasteiger partial charge in [0.05, 0.1) is 24.4 Å². The number of carbonyl (C=O) groups excluding carboxylic acids is 1. The molecule has 0 saturated carbocycles. The molecule has 0 spiro atoms. The van der Waals surface area contributed by atoms with Crippen LogP contribution >= 0.6 is 0 Å². The lowest BCUT2D eigenvalue weighted by atomic mass is 9.75. The maximum Gasteiger partial charge on any atom is 0.337 e. The van der Waals surface area contributed by atoms with Gasteiger partial charge >= 0.3 is 11.7 Å². The molecule has 1 aromatic heterocycles. The van der Waals surface area contributed by atoms with Gasteiger partial charge in [-0.15, -0.1) is 0 Å². The molecule has 9 nitrogen and oxygen atoms in total. The number of anilines is 1. The molecule has 2 aliphatic rings. The predicted octanol–water partition coefficient (Wildman–Crippen LogP) is -0.154. The maximum atomic E-state index is 12.6. The number of ether oxygens (including phenoxy) is 1. The molecule has 26 heavy (non-hydrogen) atoms. The lowest BCUT2D eigenvalue weighted by molar-refractivity contribution is 0.0600. The number of hydrazine groups is 1. The first-order valence-electron chi connectivity index (χ1n) is 8.32. The molecule has 4 rings (SSSR count). The lowest BCUT2D eigenvalue weighted by Gasteiger charge is -2.36. The summed E-state index contributed by atoms with van der Waals surface area (Å²) in [5, 5.41) is 3.19. The van der Waals surface area contributed by atoms with E-state index in [0.717, 1.165) is 5.56 Å². The molecular weight excluding hydrogens is 338 g/mol. The van der Waals surface area contributed by atoms with Crippen molar-refractivity contribution >= 4 is 11.8 Å². The van der Waals surface area contributed by atoms with E-state index in [4.69, 9.17) is 4.74 Å². The van der Waals surface area contributed by atoms with Gasteiger partial charge in [-0.1, -0.05) is 12.1 Å². The number of esters is 1. The second-order valence-corrected chi connectivity index (χ2v) is 6.56. The van der Waals surface area contributed by atoms with E-state index in [1.807, 2.05) is 19.1 Å². The first-order valence-corrected chi connectivity index (χ1v) is 8.32. The van der Waals surface area contributed by atoms with E-state index in [9.17, 15) is 14.4 Å². The molecule has 3 heterocycles. The summed E-state index contributed by atoms with van der Waals surface area (Å²) in [5.41, 5.74) is 7.16. The summed E-state index contributed by atoms with van der Waals surface area (Å²) in [4.78, 5) is 40.9. The van der Waals surface area contributed by atoms with E-state index >= 15 is 0 Å². The Kier molecular flexibility index (Phi) is 3.89. The summed E-state index contributed by atoms with van der Waals surface area (Å²) >= 11 is 0. The van der Waals surface area contributed by atoms with E-state index in [0.29, 0.717) is 16.9 Å². The van der Waals surface area contributed by atoms with Crippen LogP contribution in [0.25, 0.3) is 0 Å². The zero-order chi connectivity index (χ0) is 18.4. The molecule has 0 aliphatic carbocycles. The van der Waals surface area contributed by atoms with Gasteiger partial charge in [0, 0.05) is 17.9 Å². The van der Waals surface area contributed by atoms with Gasteiger partial charge in [0.25, 0.3) is 5.56 Å². The van der Waals surface area contributed by atoms with Crippen LogP contribution in [0.1, 0.15) is 34.3 Å². The number of hydrogen-bond acceptors (Lipinski definition) is 7. The Balaban J connectivity index is 1.86. The SMILES string of the molecule is COC(=O)c1ccc(C2c3c([nH]c(=O)[nH]c3=O)NC3NNC(C)C32)cc1. The standard InChI is InChI=1S/C17H19N5O4/c1-7-10-11(8-3-5-9(6-4-8)16(24)26-2)12-13(18-14(10)22-21-7)19-17(25)20-15(12)23/h3-7,10-11,14,21-22H,1-2H3,(H3,18,19,20,23,25). The Hall–Kier alpha value is -2.91. The minimum Gasteiger partial charge on any atom is -0.465 e. The number of aromatic amines is 2. The van der Waals surface area contributed by atoms with E-state index in [2.05, 4.69) is 26.1 Å². The third kappa shape index (κ3) is 2.52. The molecular formula is C17H19N5O4. The Labute approximate surface area is 148 Å². The summed E-state index contributed by atoms with van der Waals surface area (Å²) in [7, 11) is 1.33. The minimum absolute atomic E-state index is 0.0264. The van der Waals surface area contributed by atoms with E-state index in [1.165, 1.54) is 7.11 Å². The summed E-state index contributed by atoms with van der Waals surface area (Å²) in [6.07, 6.45) is -0.153. The Morgan fingerprint density at radius 1 is 1.08 bits per heavy atom. The molecule has 136 valence electrons. The van der Waals surface area contributed by atoms with Crippen molar-refractivity contribution in [3.05, 3.63) is 61.8 Å². The Morgan fingerprint density at radius 2 is 1.81 bits per heavy atom. The van der Waals surface area contributed by atoms with Crippen molar-refractivity contribution in [2.24, 2.45) is 5.92 Å².